The smallest absolute Gasteiger partial charge is 0.360 e. The van der Waals surface area contributed by atoms with E-state index in [9.17, 15) is 4.79 Å². The second-order valence-electron chi connectivity index (χ2n) is 4.15. The number of aromatic nitrogens is 2. The van der Waals surface area contributed by atoms with Crippen molar-refractivity contribution in [3.63, 3.8) is 0 Å². The lowest BCUT2D eigenvalue weighted by Gasteiger charge is -1.94. The summed E-state index contributed by atoms with van der Waals surface area (Å²) in [5.74, 6) is -0.000852. The molecular formula is C14H12N2O3. The lowest BCUT2D eigenvalue weighted by Crippen LogP contribution is -2.01. The Hall–Kier alpha value is -2.56. The zero-order valence-electron chi connectivity index (χ0n) is 10.3. The van der Waals surface area contributed by atoms with Crippen LogP contribution in [0.3, 0.4) is 0 Å². The number of nitrogens with one attached hydrogen (secondary N) is 1. The Morgan fingerprint density at radius 1 is 1.42 bits per heavy atom. The summed E-state index contributed by atoms with van der Waals surface area (Å²) in [6.07, 6.45) is 3.77. The number of hydrogen-bond donors (Lipinski definition) is 1. The number of esters is 1. The van der Waals surface area contributed by atoms with E-state index in [0.717, 1.165) is 16.5 Å². The van der Waals surface area contributed by atoms with Crippen molar-refractivity contribution in [2.75, 3.05) is 7.11 Å². The SMILES string of the molecule is COC(=O)c1coc(Cc2c[nH]c3ccccc23)n1. The summed E-state index contributed by atoms with van der Waals surface area (Å²) in [6, 6.07) is 8.00. The summed E-state index contributed by atoms with van der Waals surface area (Å²) < 4.78 is 9.87. The Balaban J connectivity index is 1.89. The lowest BCUT2D eigenvalue weighted by atomic mass is 10.1. The molecule has 3 aromatic rings. The van der Waals surface area contributed by atoms with Gasteiger partial charge >= 0.3 is 5.97 Å². The van der Waals surface area contributed by atoms with Crippen LogP contribution >= 0.6 is 0 Å². The second kappa shape index (κ2) is 4.61. The summed E-state index contributed by atoms with van der Waals surface area (Å²) in [4.78, 5) is 18.6. The van der Waals surface area contributed by atoms with Crippen molar-refractivity contribution in [2.45, 2.75) is 6.42 Å². The Kier molecular flexibility index (Phi) is 2.79. The van der Waals surface area contributed by atoms with Crippen molar-refractivity contribution in [1.29, 1.82) is 0 Å². The highest BCUT2D eigenvalue weighted by Crippen LogP contribution is 2.20. The molecule has 5 nitrogen and oxygen atoms in total. The van der Waals surface area contributed by atoms with Gasteiger partial charge in [-0.2, -0.15) is 0 Å². The van der Waals surface area contributed by atoms with Gasteiger partial charge in [0.2, 0.25) is 0 Å². The number of fused-ring (bicyclic) bond motifs is 1. The molecule has 3 rings (SSSR count). The van der Waals surface area contributed by atoms with E-state index in [-0.39, 0.29) is 5.69 Å². The number of carbonyl (C=O) groups excluding carboxylic acids is 1. The molecule has 0 atom stereocenters. The molecule has 0 amide bonds. The fourth-order valence-corrected chi connectivity index (χ4v) is 2.03. The molecule has 19 heavy (non-hydrogen) atoms. The number of methoxy groups -OCH3 is 1. The largest absolute Gasteiger partial charge is 0.464 e. The third kappa shape index (κ3) is 2.10. The van der Waals surface area contributed by atoms with E-state index in [2.05, 4.69) is 14.7 Å². The van der Waals surface area contributed by atoms with Gasteiger partial charge in [0.05, 0.1) is 13.5 Å². The number of oxazole rings is 1. The van der Waals surface area contributed by atoms with Crippen LogP contribution in [0.25, 0.3) is 10.9 Å². The minimum absolute atomic E-state index is 0.192. The van der Waals surface area contributed by atoms with Crippen molar-refractivity contribution < 1.29 is 13.9 Å². The monoisotopic (exact) mass is 256 g/mol. The molecule has 2 heterocycles. The van der Waals surface area contributed by atoms with Crippen LogP contribution in [0, 0.1) is 0 Å². The maximum atomic E-state index is 11.3. The van der Waals surface area contributed by atoms with E-state index in [1.54, 1.807) is 0 Å². The highest BCUT2D eigenvalue weighted by Gasteiger charge is 2.13. The van der Waals surface area contributed by atoms with Gasteiger partial charge in [0, 0.05) is 17.1 Å². The number of H-pyrrole nitrogens is 1. The number of ether oxygens (including phenoxy) is 1. The van der Waals surface area contributed by atoms with E-state index in [1.807, 2.05) is 30.5 Å². The van der Waals surface area contributed by atoms with Crippen molar-refractivity contribution in [1.82, 2.24) is 9.97 Å². The van der Waals surface area contributed by atoms with Gasteiger partial charge in [-0.25, -0.2) is 9.78 Å². The average molecular weight is 256 g/mol. The number of carbonyl (C=O) groups is 1. The predicted octanol–water partition coefficient (Wildman–Crippen LogP) is 2.53. The van der Waals surface area contributed by atoms with Crippen LogP contribution in [-0.2, 0) is 11.2 Å². The maximum absolute atomic E-state index is 11.3. The van der Waals surface area contributed by atoms with Crippen molar-refractivity contribution in [3.05, 3.63) is 53.9 Å². The van der Waals surface area contributed by atoms with Gasteiger partial charge in [-0.3, -0.25) is 0 Å². The number of rotatable bonds is 3. The first kappa shape index (κ1) is 11.5. The summed E-state index contributed by atoms with van der Waals surface area (Å²) in [7, 11) is 1.32. The van der Waals surface area contributed by atoms with Crippen LogP contribution < -0.4 is 0 Å². The zero-order valence-corrected chi connectivity index (χ0v) is 10.3. The third-order valence-electron chi connectivity index (χ3n) is 2.96. The Morgan fingerprint density at radius 2 is 2.26 bits per heavy atom. The Morgan fingerprint density at radius 3 is 3.11 bits per heavy atom. The van der Waals surface area contributed by atoms with E-state index in [0.29, 0.717) is 12.3 Å². The summed E-state index contributed by atoms with van der Waals surface area (Å²) in [6.45, 7) is 0. The fourth-order valence-electron chi connectivity index (χ4n) is 2.03. The van der Waals surface area contributed by atoms with Gasteiger partial charge in [0.1, 0.15) is 6.26 Å². The van der Waals surface area contributed by atoms with Crippen molar-refractivity contribution in [3.8, 4) is 0 Å². The number of nitrogens with zero attached hydrogens (tertiary/aromatic N) is 1. The Labute approximate surface area is 109 Å². The summed E-state index contributed by atoms with van der Waals surface area (Å²) in [5.41, 5.74) is 2.34. The quantitative estimate of drug-likeness (QED) is 0.731. The maximum Gasteiger partial charge on any atom is 0.360 e. The predicted molar refractivity (Wildman–Crippen MR) is 68.9 cm³/mol. The first-order valence-corrected chi connectivity index (χ1v) is 5.85. The van der Waals surface area contributed by atoms with Gasteiger partial charge in [0.25, 0.3) is 0 Å². The van der Waals surface area contributed by atoms with Crippen molar-refractivity contribution in [2.24, 2.45) is 0 Å². The molecule has 0 aliphatic carbocycles. The molecule has 0 saturated carbocycles. The molecule has 1 N–H and O–H groups in total. The molecule has 96 valence electrons. The first-order valence-electron chi connectivity index (χ1n) is 5.85. The lowest BCUT2D eigenvalue weighted by molar-refractivity contribution is 0.0594. The molecule has 5 heteroatoms. The molecule has 0 fully saturated rings. The molecule has 0 spiro atoms. The number of para-hydroxylation sites is 1. The van der Waals surface area contributed by atoms with E-state index in [4.69, 9.17) is 4.42 Å². The Bertz CT molecular complexity index is 727. The van der Waals surface area contributed by atoms with Gasteiger partial charge in [0.15, 0.2) is 11.6 Å². The summed E-state index contributed by atoms with van der Waals surface area (Å²) in [5, 5.41) is 1.13. The topological polar surface area (TPSA) is 68.1 Å². The molecular weight excluding hydrogens is 244 g/mol. The van der Waals surface area contributed by atoms with Crippen LogP contribution in [0.5, 0.6) is 0 Å². The highest BCUT2D eigenvalue weighted by atomic mass is 16.5. The standard InChI is InChI=1S/C14H12N2O3/c1-18-14(17)12-8-19-13(16-12)6-9-7-15-11-5-3-2-4-10(9)11/h2-5,7-8,15H,6H2,1H3. The normalized spacial score (nSPS) is 10.8. The molecule has 0 radical (unpaired) electrons. The minimum atomic E-state index is -0.492. The van der Waals surface area contributed by atoms with E-state index in [1.165, 1.54) is 13.4 Å². The summed E-state index contributed by atoms with van der Waals surface area (Å²) >= 11 is 0. The molecule has 0 saturated heterocycles. The van der Waals surface area contributed by atoms with Gasteiger partial charge in [-0.1, -0.05) is 18.2 Å². The van der Waals surface area contributed by atoms with Crippen LogP contribution in [-0.4, -0.2) is 23.0 Å². The van der Waals surface area contributed by atoms with Crippen LogP contribution in [0.2, 0.25) is 0 Å². The molecule has 0 bridgehead atoms. The van der Waals surface area contributed by atoms with Gasteiger partial charge < -0.3 is 14.1 Å². The van der Waals surface area contributed by atoms with E-state index >= 15 is 0 Å². The molecule has 2 aromatic heterocycles. The zero-order chi connectivity index (χ0) is 13.2. The number of aromatic amines is 1. The van der Waals surface area contributed by atoms with Gasteiger partial charge in [-0.15, -0.1) is 0 Å². The highest BCUT2D eigenvalue weighted by molar-refractivity contribution is 5.86. The second-order valence-corrected chi connectivity index (χ2v) is 4.15. The third-order valence-corrected chi connectivity index (χ3v) is 2.96. The first-order chi connectivity index (χ1) is 9.28. The number of hydrogen-bond acceptors (Lipinski definition) is 4. The van der Waals surface area contributed by atoms with Gasteiger partial charge in [-0.05, 0) is 11.6 Å². The molecule has 0 unspecified atom stereocenters. The molecule has 0 aliphatic heterocycles. The molecule has 1 aromatic carbocycles. The minimum Gasteiger partial charge on any atom is -0.464 e. The van der Waals surface area contributed by atoms with Crippen LogP contribution in [0.15, 0.2) is 41.1 Å². The van der Waals surface area contributed by atoms with Crippen molar-refractivity contribution >= 4 is 16.9 Å². The van der Waals surface area contributed by atoms with Crippen LogP contribution in [0.1, 0.15) is 21.9 Å². The number of benzene rings is 1. The van der Waals surface area contributed by atoms with E-state index < -0.39 is 5.97 Å². The average Bonchev–Trinajstić information content (AvgIpc) is 3.06. The molecule has 0 aliphatic rings. The fraction of sp³-hybridized carbons (Fsp3) is 0.143. The van der Waals surface area contributed by atoms with Crippen LogP contribution in [0.4, 0.5) is 0 Å².